The second-order valence-corrected chi connectivity index (χ2v) is 6.35. The highest BCUT2D eigenvalue weighted by Crippen LogP contribution is 2.27. The Bertz CT molecular complexity index is 446. The number of rotatable bonds is 5. The van der Waals surface area contributed by atoms with Crippen LogP contribution in [-0.2, 0) is 11.2 Å². The van der Waals surface area contributed by atoms with E-state index in [0.717, 1.165) is 25.8 Å². The Morgan fingerprint density at radius 3 is 2.80 bits per heavy atom. The molecule has 1 aliphatic carbocycles. The van der Waals surface area contributed by atoms with Crippen molar-refractivity contribution in [2.45, 2.75) is 50.8 Å². The van der Waals surface area contributed by atoms with Crippen LogP contribution in [0.4, 0.5) is 0 Å². The molecule has 2 atom stereocenters. The Labute approximate surface area is 126 Å². The second-order valence-electron chi connectivity index (χ2n) is 5.79. The van der Waals surface area contributed by atoms with Gasteiger partial charge in [0.1, 0.15) is 0 Å². The number of amides is 1. The molecule has 0 heterocycles. The Kier molecular flexibility index (Phi) is 5.90. The lowest BCUT2D eigenvalue weighted by atomic mass is 9.88. The van der Waals surface area contributed by atoms with E-state index in [1.807, 2.05) is 12.1 Å². The maximum absolute atomic E-state index is 11.9. The molecule has 0 radical (unpaired) electrons. The van der Waals surface area contributed by atoms with Crippen LogP contribution >= 0.6 is 11.6 Å². The molecular weight excluding hydrogens is 270 g/mol. The van der Waals surface area contributed by atoms with Crippen LogP contribution in [-0.4, -0.2) is 17.8 Å². The fraction of sp³-hybridized carbons (Fsp3) is 0.588. The molecule has 2 nitrogen and oxygen atoms in total. The minimum Gasteiger partial charge on any atom is -0.356 e. The summed E-state index contributed by atoms with van der Waals surface area (Å²) in [5.41, 5.74) is 2.52. The van der Waals surface area contributed by atoms with Crippen molar-refractivity contribution in [2.75, 3.05) is 6.54 Å². The second kappa shape index (κ2) is 7.68. The molecule has 1 aromatic carbocycles. The predicted molar refractivity (Wildman–Crippen MR) is 84.1 cm³/mol. The van der Waals surface area contributed by atoms with Crippen LogP contribution in [0.3, 0.4) is 0 Å². The van der Waals surface area contributed by atoms with E-state index < -0.39 is 0 Å². The lowest BCUT2D eigenvalue weighted by molar-refractivity contribution is -0.121. The zero-order valence-corrected chi connectivity index (χ0v) is 13.0. The molecule has 0 aromatic heterocycles. The molecular formula is C17H24ClNO. The van der Waals surface area contributed by atoms with Gasteiger partial charge in [-0.3, -0.25) is 4.79 Å². The van der Waals surface area contributed by atoms with E-state index in [-0.39, 0.29) is 11.3 Å². The lowest BCUT2D eigenvalue weighted by Gasteiger charge is -2.27. The van der Waals surface area contributed by atoms with E-state index >= 15 is 0 Å². The normalized spacial score (nSPS) is 22.5. The maximum atomic E-state index is 11.9. The van der Waals surface area contributed by atoms with Crippen LogP contribution in [0.15, 0.2) is 24.3 Å². The number of carbonyl (C=O) groups is 1. The van der Waals surface area contributed by atoms with Gasteiger partial charge in [0.25, 0.3) is 0 Å². The van der Waals surface area contributed by atoms with Crippen LogP contribution in [0.1, 0.15) is 43.2 Å². The van der Waals surface area contributed by atoms with Crippen LogP contribution in [0.5, 0.6) is 0 Å². The van der Waals surface area contributed by atoms with Crippen molar-refractivity contribution < 1.29 is 4.79 Å². The summed E-state index contributed by atoms with van der Waals surface area (Å²) in [6.45, 7) is 2.83. The number of nitrogens with one attached hydrogen (secondary N) is 1. The van der Waals surface area contributed by atoms with Gasteiger partial charge < -0.3 is 5.32 Å². The molecule has 0 saturated heterocycles. The van der Waals surface area contributed by atoms with Gasteiger partial charge in [0.2, 0.25) is 5.91 Å². The first-order chi connectivity index (χ1) is 9.66. The minimum absolute atomic E-state index is 0.141. The topological polar surface area (TPSA) is 29.1 Å². The third-order valence-corrected chi connectivity index (χ3v) is 4.83. The first kappa shape index (κ1) is 15.4. The average Bonchev–Trinajstić information content (AvgIpc) is 2.45. The molecule has 1 N–H and O–H groups in total. The molecule has 110 valence electrons. The van der Waals surface area contributed by atoms with Gasteiger partial charge in [-0.2, -0.15) is 0 Å². The third-order valence-electron chi connectivity index (χ3n) is 4.26. The highest BCUT2D eigenvalue weighted by Gasteiger charge is 2.23. The maximum Gasteiger partial charge on any atom is 0.220 e. The van der Waals surface area contributed by atoms with Gasteiger partial charge in [-0.1, -0.05) is 37.1 Å². The molecule has 1 aliphatic rings. The van der Waals surface area contributed by atoms with Gasteiger partial charge in [-0.05, 0) is 43.2 Å². The van der Waals surface area contributed by atoms with Crippen molar-refractivity contribution in [2.24, 2.45) is 5.92 Å². The van der Waals surface area contributed by atoms with Gasteiger partial charge in [-0.15, -0.1) is 11.6 Å². The van der Waals surface area contributed by atoms with Crippen molar-refractivity contribution in [1.82, 2.24) is 5.32 Å². The molecule has 20 heavy (non-hydrogen) atoms. The Morgan fingerprint density at radius 1 is 1.30 bits per heavy atom. The van der Waals surface area contributed by atoms with E-state index in [1.165, 1.54) is 24.0 Å². The zero-order valence-electron chi connectivity index (χ0n) is 12.2. The van der Waals surface area contributed by atoms with Gasteiger partial charge in [0, 0.05) is 18.3 Å². The van der Waals surface area contributed by atoms with Crippen molar-refractivity contribution in [3.05, 3.63) is 35.4 Å². The molecule has 3 heteroatoms. The molecule has 1 amide bonds. The molecule has 2 unspecified atom stereocenters. The summed E-state index contributed by atoms with van der Waals surface area (Å²) in [6, 6.07) is 8.24. The van der Waals surface area contributed by atoms with E-state index in [9.17, 15) is 4.79 Å². The number of benzene rings is 1. The fourth-order valence-corrected chi connectivity index (χ4v) is 3.23. The van der Waals surface area contributed by atoms with Crippen molar-refractivity contribution in [3.8, 4) is 0 Å². The van der Waals surface area contributed by atoms with Crippen LogP contribution in [0, 0.1) is 12.8 Å². The first-order valence-electron chi connectivity index (χ1n) is 7.62. The number of hydrogen-bond acceptors (Lipinski definition) is 1. The van der Waals surface area contributed by atoms with E-state index in [0.29, 0.717) is 12.3 Å². The highest BCUT2D eigenvalue weighted by atomic mass is 35.5. The summed E-state index contributed by atoms with van der Waals surface area (Å²) in [5.74, 6) is 0.593. The van der Waals surface area contributed by atoms with Gasteiger partial charge in [0.15, 0.2) is 0 Å². The number of carbonyl (C=O) groups excluding carboxylic acids is 1. The number of alkyl halides is 1. The summed E-state index contributed by atoms with van der Waals surface area (Å²) >= 11 is 6.31. The molecule has 1 fully saturated rings. The average molecular weight is 294 g/mol. The van der Waals surface area contributed by atoms with Gasteiger partial charge in [0.05, 0.1) is 0 Å². The van der Waals surface area contributed by atoms with Gasteiger partial charge >= 0.3 is 0 Å². The zero-order chi connectivity index (χ0) is 14.4. The molecule has 0 spiro atoms. The molecule has 1 saturated carbocycles. The molecule has 1 aromatic rings. The van der Waals surface area contributed by atoms with Crippen LogP contribution in [0.2, 0.25) is 0 Å². The fourth-order valence-electron chi connectivity index (χ4n) is 2.86. The Balaban J connectivity index is 1.71. The summed E-state index contributed by atoms with van der Waals surface area (Å²) in [7, 11) is 0. The van der Waals surface area contributed by atoms with Crippen LogP contribution in [0.25, 0.3) is 0 Å². The third kappa shape index (κ3) is 4.52. The number of halogens is 1. The standard InChI is InChI=1S/C17H24ClNO/c1-13-6-2-3-7-14(13)10-11-17(20)19-12-15-8-4-5-9-16(15)18/h2-3,6-7,15-16H,4-5,8-12H2,1H3,(H,19,20). The molecule has 0 aliphatic heterocycles. The summed E-state index contributed by atoms with van der Waals surface area (Å²) in [4.78, 5) is 11.9. The van der Waals surface area contributed by atoms with Crippen LogP contribution < -0.4 is 5.32 Å². The largest absolute Gasteiger partial charge is 0.356 e. The lowest BCUT2D eigenvalue weighted by Crippen LogP contribution is -2.34. The van der Waals surface area contributed by atoms with Crippen molar-refractivity contribution >= 4 is 17.5 Å². The molecule has 2 rings (SSSR count). The Hall–Kier alpha value is -1.02. The first-order valence-corrected chi connectivity index (χ1v) is 8.05. The number of hydrogen-bond donors (Lipinski definition) is 1. The van der Waals surface area contributed by atoms with Crippen molar-refractivity contribution in [1.29, 1.82) is 0 Å². The van der Waals surface area contributed by atoms with Gasteiger partial charge in [-0.25, -0.2) is 0 Å². The highest BCUT2D eigenvalue weighted by molar-refractivity contribution is 6.20. The quantitative estimate of drug-likeness (QED) is 0.821. The number of aryl methyl sites for hydroxylation is 2. The summed E-state index contributed by atoms with van der Waals surface area (Å²) in [6.07, 6.45) is 6.08. The van der Waals surface area contributed by atoms with E-state index in [1.54, 1.807) is 0 Å². The van der Waals surface area contributed by atoms with E-state index in [2.05, 4.69) is 24.4 Å². The monoisotopic (exact) mass is 293 g/mol. The summed E-state index contributed by atoms with van der Waals surface area (Å²) < 4.78 is 0. The van der Waals surface area contributed by atoms with E-state index in [4.69, 9.17) is 11.6 Å². The predicted octanol–water partition coefficient (Wildman–Crippen LogP) is 3.84. The summed E-state index contributed by atoms with van der Waals surface area (Å²) in [5, 5.41) is 3.29. The SMILES string of the molecule is Cc1ccccc1CCC(=O)NCC1CCCCC1Cl. The smallest absolute Gasteiger partial charge is 0.220 e. The Morgan fingerprint density at radius 2 is 2.05 bits per heavy atom. The minimum atomic E-state index is 0.141. The van der Waals surface area contributed by atoms with Crippen molar-refractivity contribution in [3.63, 3.8) is 0 Å². The molecule has 0 bridgehead atoms.